The van der Waals surface area contributed by atoms with Gasteiger partial charge in [0.15, 0.2) is 5.11 Å². The smallest absolute Gasteiger partial charge is 0.387 e. The highest BCUT2D eigenvalue weighted by Crippen LogP contribution is 2.35. The first kappa shape index (κ1) is 17.1. The number of ether oxygens (including phenoxy) is 2. The molecule has 0 amide bonds. The molecule has 0 fully saturated rings. The molecule has 1 aliphatic rings. The molecule has 0 aliphatic carbocycles. The topological polar surface area (TPSA) is 50.8 Å². The number of nitrogens with zero attached hydrogens (tertiary/aromatic N) is 1. The summed E-state index contributed by atoms with van der Waals surface area (Å²) in [5, 5.41) is 3.33. The summed E-state index contributed by atoms with van der Waals surface area (Å²) in [6.45, 7) is -1.26. The Bertz CT molecular complexity index is 664. The molecule has 0 radical (unpaired) electrons. The molecule has 0 saturated carbocycles. The summed E-state index contributed by atoms with van der Waals surface area (Å²) in [7, 11) is 2.96. The fraction of sp³-hybridized carbons (Fsp3) is 0.333. The molecule has 2 rings (SSSR count). The number of carbonyl (C=O) groups is 1. The van der Waals surface area contributed by atoms with Gasteiger partial charge in [-0.15, -0.1) is 0 Å². The largest absolute Gasteiger partial charge is 0.466 e. The number of esters is 1. The van der Waals surface area contributed by atoms with Gasteiger partial charge in [-0.3, -0.25) is 0 Å². The minimum absolute atomic E-state index is 0.0263. The fourth-order valence-electron chi connectivity index (χ4n) is 2.37. The number of hydrogen-bond acceptors (Lipinski definition) is 4. The first-order valence-corrected chi connectivity index (χ1v) is 7.14. The second-order valence-electron chi connectivity index (χ2n) is 4.85. The lowest BCUT2D eigenvalue weighted by Crippen LogP contribution is -2.46. The number of rotatable bonds is 4. The zero-order valence-corrected chi connectivity index (χ0v) is 13.6. The number of allylic oxidation sites excluding steroid dienone is 1. The van der Waals surface area contributed by atoms with E-state index in [1.54, 1.807) is 37.1 Å². The summed E-state index contributed by atoms with van der Waals surface area (Å²) in [6.07, 6.45) is 0. The zero-order chi connectivity index (χ0) is 17.1. The second-order valence-corrected chi connectivity index (χ2v) is 5.24. The molecule has 1 atom stereocenters. The van der Waals surface area contributed by atoms with Gasteiger partial charge >= 0.3 is 12.6 Å². The van der Waals surface area contributed by atoms with Gasteiger partial charge in [-0.2, -0.15) is 8.78 Å². The molecule has 124 valence electrons. The van der Waals surface area contributed by atoms with Gasteiger partial charge in [-0.05, 0) is 25.2 Å². The van der Waals surface area contributed by atoms with Crippen molar-refractivity contribution in [1.82, 2.24) is 10.2 Å². The van der Waals surface area contributed by atoms with Crippen LogP contribution in [-0.4, -0.2) is 36.8 Å². The molecule has 1 aliphatic heterocycles. The van der Waals surface area contributed by atoms with Crippen molar-refractivity contribution in [2.45, 2.75) is 19.6 Å². The van der Waals surface area contributed by atoms with E-state index in [0.29, 0.717) is 16.4 Å². The van der Waals surface area contributed by atoms with E-state index in [0.717, 1.165) is 0 Å². The Morgan fingerprint density at radius 1 is 1.39 bits per heavy atom. The lowest BCUT2D eigenvalue weighted by molar-refractivity contribution is -0.136. The third-order valence-corrected chi connectivity index (χ3v) is 4.00. The average molecular weight is 342 g/mol. The third-order valence-electron chi connectivity index (χ3n) is 3.61. The Morgan fingerprint density at radius 2 is 2.04 bits per heavy atom. The number of nitrogens with one attached hydrogen (secondary N) is 1. The normalized spacial score (nSPS) is 18.1. The Kier molecular flexibility index (Phi) is 5.15. The molecule has 5 nitrogen and oxygen atoms in total. The molecule has 0 bridgehead atoms. The SMILES string of the molecule is COC(=O)C1=C(C)N(C)C(=S)N[C@@H]1c1ccccc1OC(F)F. The summed E-state index contributed by atoms with van der Waals surface area (Å²) in [5.74, 6) is -0.595. The van der Waals surface area contributed by atoms with Crippen molar-refractivity contribution in [3.05, 3.63) is 41.1 Å². The number of methoxy groups -OCH3 is 1. The van der Waals surface area contributed by atoms with E-state index < -0.39 is 18.6 Å². The lowest BCUT2D eigenvalue weighted by Gasteiger charge is -2.35. The maximum absolute atomic E-state index is 12.6. The van der Waals surface area contributed by atoms with Crippen molar-refractivity contribution in [3.63, 3.8) is 0 Å². The number of halogens is 2. The Labute approximate surface area is 137 Å². The van der Waals surface area contributed by atoms with Gasteiger partial charge in [-0.1, -0.05) is 18.2 Å². The van der Waals surface area contributed by atoms with Crippen LogP contribution in [0.2, 0.25) is 0 Å². The van der Waals surface area contributed by atoms with E-state index in [-0.39, 0.29) is 11.3 Å². The molecule has 1 aromatic rings. The van der Waals surface area contributed by atoms with Crippen LogP contribution >= 0.6 is 12.2 Å². The highest BCUT2D eigenvalue weighted by molar-refractivity contribution is 7.80. The quantitative estimate of drug-likeness (QED) is 0.671. The van der Waals surface area contributed by atoms with Crippen LogP contribution < -0.4 is 10.1 Å². The number of alkyl halides is 2. The minimum Gasteiger partial charge on any atom is -0.466 e. The van der Waals surface area contributed by atoms with Gasteiger partial charge in [-0.25, -0.2) is 4.79 Å². The maximum atomic E-state index is 12.6. The van der Waals surface area contributed by atoms with Crippen LogP contribution in [0.5, 0.6) is 5.75 Å². The van der Waals surface area contributed by atoms with Crippen LogP contribution in [0.3, 0.4) is 0 Å². The molecular formula is C15H16F2N2O3S. The van der Waals surface area contributed by atoms with Crippen LogP contribution in [0.1, 0.15) is 18.5 Å². The predicted molar refractivity (Wildman–Crippen MR) is 84.0 cm³/mol. The summed E-state index contributed by atoms with van der Waals surface area (Å²) < 4.78 is 34.6. The summed E-state index contributed by atoms with van der Waals surface area (Å²) >= 11 is 5.23. The number of benzene rings is 1. The molecule has 1 aromatic carbocycles. The third kappa shape index (κ3) is 3.42. The van der Waals surface area contributed by atoms with Crippen LogP contribution in [0.25, 0.3) is 0 Å². The van der Waals surface area contributed by atoms with Gasteiger partial charge in [0.1, 0.15) is 5.75 Å². The van der Waals surface area contributed by atoms with Crippen molar-refractivity contribution in [1.29, 1.82) is 0 Å². The van der Waals surface area contributed by atoms with Crippen LogP contribution in [0.15, 0.2) is 35.5 Å². The predicted octanol–water partition coefficient (Wildman–Crippen LogP) is 2.60. The lowest BCUT2D eigenvalue weighted by atomic mass is 9.94. The molecule has 0 saturated heterocycles. The van der Waals surface area contributed by atoms with E-state index in [2.05, 4.69) is 10.1 Å². The van der Waals surface area contributed by atoms with Crippen molar-refractivity contribution >= 4 is 23.3 Å². The van der Waals surface area contributed by atoms with Gasteiger partial charge < -0.3 is 19.7 Å². The summed E-state index contributed by atoms with van der Waals surface area (Å²) in [5.41, 5.74) is 1.24. The monoisotopic (exact) mass is 342 g/mol. The molecule has 1 N–H and O–H groups in total. The van der Waals surface area contributed by atoms with E-state index in [9.17, 15) is 13.6 Å². The van der Waals surface area contributed by atoms with Crippen molar-refractivity contribution < 1.29 is 23.0 Å². The van der Waals surface area contributed by atoms with Crippen LogP contribution in [-0.2, 0) is 9.53 Å². The van der Waals surface area contributed by atoms with E-state index in [1.165, 1.54) is 13.2 Å². The molecule has 8 heteroatoms. The standard InChI is InChI=1S/C15H16F2N2O3S/c1-8-11(13(20)21-3)12(18-15(23)19(8)2)9-6-4-5-7-10(9)22-14(16)17/h4-7,12,14H,1-3H3,(H,18,23)/t12-/m1/s1. The molecule has 1 heterocycles. The van der Waals surface area contributed by atoms with Gasteiger partial charge in [0, 0.05) is 18.3 Å². The van der Waals surface area contributed by atoms with Crippen molar-refractivity contribution in [3.8, 4) is 5.75 Å². The number of thiocarbonyl (C=S) groups is 1. The molecule has 0 unspecified atom stereocenters. The Balaban J connectivity index is 2.56. The number of hydrogen-bond donors (Lipinski definition) is 1. The minimum atomic E-state index is -2.97. The number of carbonyl (C=O) groups excluding carboxylic acids is 1. The van der Waals surface area contributed by atoms with Crippen LogP contribution in [0, 0.1) is 0 Å². The first-order chi connectivity index (χ1) is 10.9. The molecule has 0 spiro atoms. The molecule has 23 heavy (non-hydrogen) atoms. The molecule has 0 aromatic heterocycles. The van der Waals surface area contributed by atoms with Gasteiger partial charge in [0.25, 0.3) is 0 Å². The summed E-state index contributed by atoms with van der Waals surface area (Å²) in [6, 6.07) is 5.51. The maximum Gasteiger partial charge on any atom is 0.387 e. The van der Waals surface area contributed by atoms with Gasteiger partial charge in [0.05, 0.1) is 18.7 Å². The van der Waals surface area contributed by atoms with Crippen LogP contribution in [0.4, 0.5) is 8.78 Å². The van der Waals surface area contributed by atoms with Crippen molar-refractivity contribution in [2.75, 3.05) is 14.2 Å². The van der Waals surface area contributed by atoms with E-state index in [4.69, 9.17) is 17.0 Å². The first-order valence-electron chi connectivity index (χ1n) is 6.73. The van der Waals surface area contributed by atoms with Crippen molar-refractivity contribution in [2.24, 2.45) is 0 Å². The second kappa shape index (κ2) is 6.91. The summed E-state index contributed by atoms with van der Waals surface area (Å²) in [4.78, 5) is 13.8. The highest BCUT2D eigenvalue weighted by Gasteiger charge is 2.34. The zero-order valence-electron chi connectivity index (χ0n) is 12.8. The van der Waals surface area contributed by atoms with E-state index in [1.807, 2.05) is 0 Å². The van der Waals surface area contributed by atoms with E-state index >= 15 is 0 Å². The average Bonchev–Trinajstić information content (AvgIpc) is 2.51. The van der Waals surface area contributed by atoms with Gasteiger partial charge in [0.2, 0.25) is 0 Å². The number of para-hydroxylation sites is 1. The highest BCUT2D eigenvalue weighted by atomic mass is 32.1. The molecular weight excluding hydrogens is 326 g/mol. The Morgan fingerprint density at radius 3 is 2.65 bits per heavy atom. The Hall–Kier alpha value is -2.22. The fourth-order valence-corrected chi connectivity index (χ4v) is 2.62.